The van der Waals surface area contributed by atoms with Gasteiger partial charge >= 0.3 is 0 Å². The molecule has 0 saturated carbocycles. The molecule has 1 amide bonds. The van der Waals surface area contributed by atoms with Gasteiger partial charge in [-0.25, -0.2) is 8.42 Å². The lowest BCUT2D eigenvalue weighted by atomic mass is 10.1. The van der Waals surface area contributed by atoms with Crippen molar-refractivity contribution in [3.63, 3.8) is 0 Å². The zero-order valence-corrected chi connectivity index (χ0v) is 17.5. The van der Waals surface area contributed by atoms with Gasteiger partial charge < -0.3 is 9.80 Å². The number of carbonyl (C=O) groups is 1. The Morgan fingerprint density at radius 3 is 1.90 bits per heavy atom. The van der Waals surface area contributed by atoms with E-state index in [2.05, 4.69) is 17.0 Å². The number of anilines is 1. The van der Waals surface area contributed by atoms with Crippen molar-refractivity contribution in [3.8, 4) is 0 Å². The van der Waals surface area contributed by atoms with Gasteiger partial charge in [-0.15, -0.1) is 0 Å². The van der Waals surface area contributed by atoms with Crippen LogP contribution in [-0.2, 0) is 15.6 Å². The Morgan fingerprint density at radius 2 is 1.30 bits per heavy atom. The summed E-state index contributed by atoms with van der Waals surface area (Å²) >= 11 is 0. The van der Waals surface area contributed by atoms with Crippen molar-refractivity contribution in [1.29, 1.82) is 0 Å². The number of amides is 1. The molecule has 3 aromatic rings. The predicted molar refractivity (Wildman–Crippen MR) is 118 cm³/mol. The summed E-state index contributed by atoms with van der Waals surface area (Å²) in [5.74, 6) is -0.0958. The average molecular weight is 421 g/mol. The molecule has 3 aromatic carbocycles. The van der Waals surface area contributed by atoms with Crippen LogP contribution in [-0.4, -0.2) is 45.4 Å². The van der Waals surface area contributed by atoms with Crippen LogP contribution in [0.4, 0.5) is 5.69 Å². The maximum absolute atomic E-state index is 12.9. The molecule has 6 heteroatoms. The van der Waals surface area contributed by atoms with Gasteiger partial charge in [0.15, 0.2) is 9.84 Å². The highest BCUT2D eigenvalue weighted by molar-refractivity contribution is 7.90. The van der Waals surface area contributed by atoms with E-state index in [1.807, 2.05) is 23.1 Å². The fourth-order valence-electron chi connectivity index (χ4n) is 3.66. The van der Waals surface area contributed by atoms with Gasteiger partial charge in [0.2, 0.25) is 0 Å². The molecule has 0 aromatic heterocycles. The highest BCUT2D eigenvalue weighted by atomic mass is 32.2. The van der Waals surface area contributed by atoms with Crippen LogP contribution in [0.5, 0.6) is 0 Å². The number of benzene rings is 3. The van der Waals surface area contributed by atoms with Crippen LogP contribution < -0.4 is 4.90 Å². The summed E-state index contributed by atoms with van der Waals surface area (Å²) in [6.45, 7) is 2.92. The fourth-order valence-corrected chi connectivity index (χ4v) is 5.03. The second kappa shape index (κ2) is 8.71. The van der Waals surface area contributed by atoms with Crippen LogP contribution in [0.1, 0.15) is 15.9 Å². The Bertz CT molecular complexity index is 1090. The number of rotatable bonds is 5. The van der Waals surface area contributed by atoms with E-state index in [1.54, 1.807) is 54.6 Å². The summed E-state index contributed by atoms with van der Waals surface area (Å²) in [4.78, 5) is 17.3. The molecule has 30 heavy (non-hydrogen) atoms. The number of hydrogen-bond donors (Lipinski definition) is 0. The molecule has 0 spiro atoms. The van der Waals surface area contributed by atoms with Crippen molar-refractivity contribution in [2.24, 2.45) is 0 Å². The predicted octanol–water partition coefficient (Wildman–Crippen LogP) is 3.62. The Hall–Kier alpha value is -3.12. The van der Waals surface area contributed by atoms with E-state index in [9.17, 15) is 13.2 Å². The third kappa shape index (κ3) is 4.54. The van der Waals surface area contributed by atoms with Crippen molar-refractivity contribution in [2.75, 3.05) is 31.1 Å². The van der Waals surface area contributed by atoms with Crippen molar-refractivity contribution in [2.45, 2.75) is 10.6 Å². The number of piperazine rings is 1. The Labute approximate surface area is 177 Å². The van der Waals surface area contributed by atoms with Crippen LogP contribution in [0, 0.1) is 0 Å². The first-order chi connectivity index (χ1) is 14.5. The molecule has 0 aliphatic carbocycles. The second-order valence-electron chi connectivity index (χ2n) is 7.38. The lowest BCUT2D eigenvalue weighted by Gasteiger charge is -2.36. The number of para-hydroxylation sites is 1. The van der Waals surface area contributed by atoms with Gasteiger partial charge in [-0.1, -0.05) is 48.5 Å². The van der Waals surface area contributed by atoms with Crippen LogP contribution in [0.15, 0.2) is 89.8 Å². The summed E-state index contributed by atoms with van der Waals surface area (Å²) in [7, 11) is -3.40. The van der Waals surface area contributed by atoms with Crippen LogP contribution in [0.3, 0.4) is 0 Å². The van der Waals surface area contributed by atoms with Gasteiger partial charge in [-0.2, -0.15) is 0 Å². The number of sulfone groups is 1. The Morgan fingerprint density at radius 1 is 0.733 bits per heavy atom. The van der Waals surface area contributed by atoms with Gasteiger partial charge in [0, 0.05) is 37.4 Å². The van der Waals surface area contributed by atoms with E-state index in [0.717, 1.165) is 13.1 Å². The smallest absolute Gasteiger partial charge is 0.253 e. The molecule has 0 bridgehead atoms. The summed E-state index contributed by atoms with van der Waals surface area (Å²) in [5, 5.41) is 0. The molecule has 0 unspecified atom stereocenters. The van der Waals surface area contributed by atoms with E-state index >= 15 is 0 Å². The van der Waals surface area contributed by atoms with Gasteiger partial charge in [-0.3, -0.25) is 4.79 Å². The number of hydrogen-bond acceptors (Lipinski definition) is 4. The minimum absolute atomic E-state index is 0.0137. The maximum Gasteiger partial charge on any atom is 0.253 e. The molecular formula is C24H24N2O3S. The molecule has 0 atom stereocenters. The van der Waals surface area contributed by atoms with Crippen LogP contribution >= 0.6 is 0 Å². The first-order valence-electron chi connectivity index (χ1n) is 9.99. The number of nitrogens with zero attached hydrogens (tertiary/aromatic N) is 2. The zero-order chi connectivity index (χ0) is 21.0. The molecule has 1 aliphatic rings. The first kappa shape index (κ1) is 20.2. The summed E-state index contributed by atoms with van der Waals surface area (Å²) in [5.41, 5.74) is 2.43. The quantitative estimate of drug-likeness (QED) is 0.633. The van der Waals surface area contributed by atoms with Gasteiger partial charge in [-0.05, 0) is 42.0 Å². The van der Waals surface area contributed by atoms with E-state index in [4.69, 9.17) is 0 Å². The van der Waals surface area contributed by atoms with Gasteiger partial charge in [0.1, 0.15) is 0 Å². The molecule has 1 aliphatic heterocycles. The largest absolute Gasteiger partial charge is 0.368 e. The van der Waals surface area contributed by atoms with E-state index in [0.29, 0.717) is 29.1 Å². The monoisotopic (exact) mass is 420 g/mol. The van der Waals surface area contributed by atoms with Crippen molar-refractivity contribution in [3.05, 3.63) is 96.1 Å². The molecule has 1 heterocycles. The molecular weight excluding hydrogens is 396 g/mol. The third-order valence-electron chi connectivity index (χ3n) is 5.35. The zero-order valence-electron chi connectivity index (χ0n) is 16.6. The van der Waals surface area contributed by atoms with Gasteiger partial charge in [0.25, 0.3) is 5.91 Å². The minimum Gasteiger partial charge on any atom is -0.368 e. The Kier molecular flexibility index (Phi) is 5.86. The highest BCUT2D eigenvalue weighted by Gasteiger charge is 2.22. The van der Waals surface area contributed by atoms with Crippen molar-refractivity contribution >= 4 is 21.4 Å². The molecule has 5 nitrogen and oxygen atoms in total. The topological polar surface area (TPSA) is 57.7 Å². The molecule has 154 valence electrons. The maximum atomic E-state index is 12.9. The lowest BCUT2D eigenvalue weighted by Crippen LogP contribution is -2.48. The molecule has 1 saturated heterocycles. The Balaban J connectivity index is 1.38. The van der Waals surface area contributed by atoms with E-state index < -0.39 is 9.84 Å². The van der Waals surface area contributed by atoms with Gasteiger partial charge in [0.05, 0.1) is 10.6 Å². The first-order valence-corrected chi connectivity index (χ1v) is 11.6. The fraction of sp³-hybridized carbons (Fsp3) is 0.208. The molecule has 0 radical (unpaired) electrons. The van der Waals surface area contributed by atoms with E-state index in [1.165, 1.54) is 5.69 Å². The number of carbonyl (C=O) groups excluding carboxylic acids is 1. The molecule has 4 rings (SSSR count). The van der Waals surface area contributed by atoms with Crippen molar-refractivity contribution in [1.82, 2.24) is 4.90 Å². The summed E-state index contributed by atoms with van der Waals surface area (Å²) in [6.07, 6.45) is 0. The lowest BCUT2D eigenvalue weighted by molar-refractivity contribution is 0.0747. The van der Waals surface area contributed by atoms with Crippen LogP contribution in [0.25, 0.3) is 0 Å². The standard InChI is InChI=1S/C24H24N2O3S/c27-24(26-17-15-25(16-18-26)22-7-3-1-4-8-22)21-13-11-20(12-14-21)19-30(28,29)23-9-5-2-6-10-23/h1-14H,15-19H2. The summed E-state index contributed by atoms with van der Waals surface area (Å²) in [6, 6.07) is 25.5. The SMILES string of the molecule is O=C(c1ccc(CS(=O)(=O)c2ccccc2)cc1)N1CCN(c2ccccc2)CC1. The second-order valence-corrected chi connectivity index (χ2v) is 9.37. The minimum atomic E-state index is -3.40. The third-order valence-corrected chi connectivity index (χ3v) is 7.05. The normalized spacial score (nSPS) is 14.5. The molecule has 1 fully saturated rings. The highest BCUT2D eigenvalue weighted by Crippen LogP contribution is 2.19. The van der Waals surface area contributed by atoms with Crippen molar-refractivity contribution < 1.29 is 13.2 Å². The molecule has 0 N–H and O–H groups in total. The summed E-state index contributed by atoms with van der Waals surface area (Å²) < 4.78 is 25.1. The van der Waals surface area contributed by atoms with E-state index in [-0.39, 0.29) is 11.7 Å². The average Bonchev–Trinajstić information content (AvgIpc) is 2.80. The van der Waals surface area contributed by atoms with Crippen LogP contribution in [0.2, 0.25) is 0 Å².